The summed E-state index contributed by atoms with van der Waals surface area (Å²) in [6.07, 6.45) is 7.90. The first-order valence-corrected chi connectivity index (χ1v) is 12.2. The summed E-state index contributed by atoms with van der Waals surface area (Å²) in [5, 5.41) is 2.96. The van der Waals surface area contributed by atoms with E-state index in [-0.39, 0.29) is 19.2 Å². The van der Waals surface area contributed by atoms with Crippen molar-refractivity contribution in [2.75, 3.05) is 23.9 Å². The molecule has 7 nitrogen and oxygen atoms in total. The Morgan fingerprint density at radius 3 is 2.55 bits per heavy atom. The van der Waals surface area contributed by atoms with Crippen LogP contribution in [-0.4, -0.2) is 33.9 Å². The van der Waals surface area contributed by atoms with Gasteiger partial charge >= 0.3 is 0 Å². The number of carbonyl (C=O) groups excluding carboxylic acids is 1. The molecule has 4 rings (SSSR count). The lowest BCUT2D eigenvalue weighted by atomic mass is 9.99. The van der Waals surface area contributed by atoms with Crippen LogP contribution in [0.5, 0.6) is 11.5 Å². The second kappa shape index (κ2) is 9.01. The van der Waals surface area contributed by atoms with Gasteiger partial charge in [-0.05, 0) is 55.5 Å². The molecule has 1 amide bonds. The molecule has 0 radical (unpaired) electrons. The van der Waals surface area contributed by atoms with Gasteiger partial charge in [-0.3, -0.25) is 9.10 Å². The lowest BCUT2D eigenvalue weighted by Gasteiger charge is -2.23. The molecule has 0 fully saturated rings. The second-order valence-electron chi connectivity index (χ2n) is 7.79. The fourth-order valence-corrected chi connectivity index (χ4v) is 4.61. The molecule has 2 aromatic rings. The summed E-state index contributed by atoms with van der Waals surface area (Å²) in [5.41, 5.74) is 3.10. The number of fused-ring (bicyclic) bond motifs is 1. The third kappa shape index (κ3) is 5.19. The maximum absolute atomic E-state index is 12.4. The van der Waals surface area contributed by atoms with Crippen LogP contribution in [0.2, 0.25) is 0 Å². The van der Waals surface area contributed by atoms with Crippen molar-refractivity contribution < 1.29 is 22.7 Å². The Kier molecular flexibility index (Phi) is 6.18. The Morgan fingerprint density at radius 1 is 1.06 bits per heavy atom. The number of amides is 1. The minimum absolute atomic E-state index is 0.123. The summed E-state index contributed by atoms with van der Waals surface area (Å²) in [6.45, 7) is 0.846. The van der Waals surface area contributed by atoms with Gasteiger partial charge in [-0.1, -0.05) is 23.8 Å². The van der Waals surface area contributed by atoms with E-state index < -0.39 is 10.0 Å². The van der Waals surface area contributed by atoms with E-state index in [0.717, 1.165) is 18.4 Å². The summed E-state index contributed by atoms with van der Waals surface area (Å²) < 4.78 is 36.8. The maximum Gasteiger partial charge on any atom is 0.251 e. The van der Waals surface area contributed by atoms with Crippen molar-refractivity contribution in [2.24, 2.45) is 0 Å². The van der Waals surface area contributed by atoms with E-state index in [4.69, 9.17) is 9.47 Å². The number of carbonyl (C=O) groups is 1. The van der Waals surface area contributed by atoms with Gasteiger partial charge in [0.2, 0.25) is 16.8 Å². The highest BCUT2D eigenvalue weighted by Gasteiger charge is 2.22. The topological polar surface area (TPSA) is 84.9 Å². The summed E-state index contributed by atoms with van der Waals surface area (Å²) in [7, 11) is -3.53. The molecule has 1 N–H and O–H groups in total. The summed E-state index contributed by atoms with van der Waals surface area (Å²) in [4.78, 5) is 12.4. The van der Waals surface area contributed by atoms with Gasteiger partial charge in [-0.15, -0.1) is 0 Å². The third-order valence-electron chi connectivity index (χ3n) is 5.45. The molecule has 1 aliphatic heterocycles. The zero-order chi connectivity index (χ0) is 21.8. The van der Waals surface area contributed by atoms with Gasteiger partial charge in [0.05, 0.1) is 18.5 Å². The van der Waals surface area contributed by atoms with Gasteiger partial charge in [-0.25, -0.2) is 8.42 Å². The van der Waals surface area contributed by atoms with Gasteiger partial charge in [0.15, 0.2) is 11.5 Å². The van der Waals surface area contributed by atoms with Crippen LogP contribution in [0.25, 0.3) is 0 Å². The molecule has 1 aliphatic carbocycles. The quantitative estimate of drug-likeness (QED) is 0.662. The predicted octanol–water partition coefficient (Wildman–Crippen LogP) is 3.61. The van der Waals surface area contributed by atoms with E-state index >= 15 is 0 Å². The minimum atomic E-state index is -3.53. The van der Waals surface area contributed by atoms with Crippen LogP contribution < -0.4 is 19.1 Å². The highest BCUT2D eigenvalue weighted by atomic mass is 32.2. The third-order valence-corrected chi connectivity index (χ3v) is 6.59. The van der Waals surface area contributed by atoms with Crippen LogP contribution >= 0.6 is 0 Å². The molecular formula is C23H26N2O5S. The van der Waals surface area contributed by atoms with E-state index in [1.165, 1.54) is 29.0 Å². The molecule has 1 heterocycles. The molecule has 0 saturated carbocycles. The first-order valence-electron chi connectivity index (χ1n) is 10.3. The Bertz CT molecular complexity index is 1090. The van der Waals surface area contributed by atoms with Crippen molar-refractivity contribution in [3.63, 3.8) is 0 Å². The van der Waals surface area contributed by atoms with Gasteiger partial charge in [0.1, 0.15) is 0 Å². The Morgan fingerprint density at radius 2 is 1.84 bits per heavy atom. The zero-order valence-electron chi connectivity index (χ0n) is 17.5. The van der Waals surface area contributed by atoms with E-state index in [1.54, 1.807) is 42.5 Å². The smallest absolute Gasteiger partial charge is 0.251 e. The number of allylic oxidation sites excluding steroid dienone is 1. The standard InChI is InChI=1S/C23H26N2O5S/c1-31(27,28)25(20-11-12-21-22(13-20)30-16-29-21)15-18-7-9-19(10-8-18)23(26)24-14-17-5-3-2-4-6-17/h5,7-13H,2-4,6,14-16H2,1H3,(H,24,26). The SMILES string of the molecule is CS(=O)(=O)N(Cc1ccc(C(=O)NCC2=CCCCC2)cc1)c1ccc2c(c1)OCO2. The Balaban J connectivity index is 1.44. The monoisotopic (exact) mass is 442 g/mol. The average molecular weight is 443 g/mol. The number of sulfonamides is 1. The number of hydrogen-bond donors (Lipinski definition) is 1. The fraction of sp³-hybridized carbons (Fsp3) is 0.348. The molecular weight excluding hydrogens is 416 g/mol. The van der Waals surface area contributed by atoms with Gasteiger partial charge in [0.25, 0.3) is 5.91 Å². The Labute approximate surface area is 182 Å². The highest BCUT2D eigenvalue weighted by molar-refractivity contribution is 7.92. The van der Waals surface area contributed by atoms with Crippen LogP contribution in [0.4, 0.5) is 5.69 Å². The number of rotatable bonds is 7. The Hall–Kier alpha value is -3.00. The maximum atomic E-state index is 12.4. The molecule has 2 aromatic carbocycles. The largest absolute Gasteiger partial charge is 0.454 e. The number of benzene rings is 2. The van der Waals surface area contributed by atoms with Gasteiger partial charge in [0, 0.05) is 18.2 Å². The van der Waals surface area contributed by atoms with Crippen molar-refractivity contribution >= 4 is 21.6 Å². The minimum Gasteiger partial charge on any atom is -0.454 e. The molecule has 0 atom stereocenters. The van der Waals surface area contributed by atoms with Crippen molar-refractivity contribution in [1.29, 1.82) is 0 Å². The molecule has 0 aromatic heterocycles. The number of ether oxygens (including phenoxy) is 2. The molecule has 2 aliphatic rings. The molecule has 0 bridgehead atoms. The number of nitrogens with one attached hydrogen (secondary N) is 1. The summed E-state index contributed by atoms with van der Waals surface area (Å²) in [6, 6.07) is 12.0. The van der Waals surface area contributed by atoms with E-state index in [1.807, 2.05) is 0 Å². The van der Waals surface area contributed by atoms with Crippen molar-refractivity contribution in [3.8, 4) is 11.5 Å². The van der Waals surface area contributed by atoms with Gasteiger partial charge in [-0.2, -0.15) is 0 Å². The number of nitrogens with zero attached hydrogens (tertiary/aromatic N) is 1. The number of anilines is 1. The molecule has 31 heavy (non-hydrogen) atoms. The lowest BCUT2D eigenvalue weighted by Crippen LogP contribution is -2.29. The fourth-order valence-electron chi connectivity index (χ4n) is 3.73. The van der Waals surface area contributed by atoms with Crippen molar-refractivity contribution in [1.82, 2.24) is 5.32 Å². The molecule has 8 heteroatoms. The summed E-state index contributed by atoms with van der Waals surface area (Å²) >= 11 is 0. The molecule has 0 spiro atoms. The zero-order valence-corrected chi connectivity index (χ0v) is 18.3. The van der Waals surface area contributed by atoms with Crippen LogP contribution in [-0.2, 0) is 16.6 Å². The predicted molar refractivity (Wildman–Crippen MR) is 119 cm³/mol. The normalized spacial score (nSPS) is 15.3. The first-order chi connectivity index (χ1) is 14.9. The van der Waals surface area contributed by atoms with Crippen LogP contribution in [0.1, 0.15) is 41.6 Å². The summed E-state index contributed by atoms with van der Waals surface area (Å²) in [5.74, 6) is 0.983. The number of hydrogen-bond acceptors (Lipinski definition) is 5. The molecule has 0 unspecified atom stereocenters. The van der Waals surface area contributed by atoms with Crippen LogP contribution in [0.15, 0.2) is 54.1 Å². The van der Waals surface area contributed by atoms with E-state index in [2.05, 4.69) is 11.4 Å². The van der Waals surface area contributed by atoms with Crippen LogP contribution in [0.3, 0.4) is 0 Å². The van der Waals surface area contributed by atoms with Crippen molar-refractivity contribution in [2.45, 2.75) is 32.2 Å². The highest BCUT2D eigenvalue weighted by Crippen LogP contribution is 2.36. The second-order valence-corrected chi connectivity index (χ2v) is 9.70. The van der Waals surface area contributed by atoms with Crippen molar-refractivity contribution in [3.05, 3.63) is 65.2 Å². The van der Waals surface area contributed by atoms with E-state index in [9.17, 15) is 13.2 Å². The van der Waals surface area contributed by atoms with E-state index in [0.29, 0.717) is 29.3 Å². The molecule has 0 saturated heterocycles. The average Bonchev–Trinajstić information content (AvgIpc) is 3.24. The van der Waals surface area contributed by atoms with Gasteiger partial charge < -0.3 is 14.8 Å². The first kappa shape index (κ1) is 21.2. The molecule has 164 valence electrons. The van der Waals surface area contributed by atoms with Crippen LogP contribution in [0, 0.1) is 0 Å². The lowest BCUT2D eigenvalue weighted by molar-refractivity contribution is 0.0956.